The molecule has 2 aromatic carbocycles. The number of benzene rings is 2. The van der Waals surface area contributed by atoms with E-state index < -0.39 is 11.9 Å². The topological polar surface area (TPSA) is 61.8 Å². The zero-order valence-electron chi connectivity index (χ0n) is 12.6. The smallest absolute Gasteiger partial charge is 0.343 e. The molecule has 0 spiro atoms. The van der Waals surface area contributed by atoms with E-state index in [4.69, 9.17) is 9.47 Å². The number of rotatable bonds is 4. The van der Waals surface area contributed by atoms with E-state index in [0.717, 1.165) is 5.56 Å². The molecule has 0 saturated carbocycles. The normalized spacial score (nSPS) is 9.95. The Labute approximate surface area is 128 Å². The van der Waals surface area contributed by atoms with Gasteiger partial charge in [0.25, 0.3) is 0 Å². The highest BCUT2D eigenvalue weighted by molar-refractivity contribution is 5.92. The molecular formula is C17H16O5. The lowest BCUT2D eigenvalue weighted by atomic mass is 10.1. The second kappa shape index (κ2) is 6.76. The number of methoxy groups -OCH3 is 2. The molecule has 22 heavy (non-hydrogen) atoms. The minimum atomic E-state index is -0.496. The van der Waals surface area contributed by atoms with Gasteiger partial charge in [0.15, 0.2) is 11.5 Å². The fourth-order valence-corrected chi connectivity index (χ4v) is 1.85. The first-order valence-corrected chi connectivity index (χ1v) is 6.60. The summed E-state index contributed by atoms with van der Waals surface area (Å²) in [6.45, 7) is 1.93. The van der Waals surface area contributed by atoms with Crippen molar-refractivity contribution in [1.29, 1.82) is 0 Å². The van der Waals surface area contributed by atoms with Gasteiger partial charge < -0.3 is 14.2 Å². The second-order valence-electron chi connectivity index (χ2n) is 4.61. The van der Waals surface area contributed by atoms with Crippen molar-refractivity contribution in [1.82, 2.24) is 0 Å². The van der Waals surface area contributed by atoms with Crippen LogP contribution in [-0.4, -0.2) is 26.2 Å². The highest BCUT2D eigenvalue weighted by Crippen LogP contribution is 2.29. The molecule has 0 heterocycles. The first-order chi connectivity index (χ1) is 10.5. The van der Waals surface area contributed by atoms with Crippen LogP contribution in [0.5, 0.6) is 11.5 Å². The SMILES string of the molecule is COC(=O)c1ccc(OC(=O)c2ccc(C)cc2)c(OC)c1. The maximum Gasteiger partial charge on any atom is 0.343 e. The summed E-state index contributed by atoms with van der Waals surface area (Å²) in [4.78, 5) is 23.6. The van der Waals surface area contributed by atoms with Gasteiger partial charge in [-0.05, 0) is 37.3 Å². The molecule has 5 nitrogen and oxygen atoms in total. The maximum absolute atomic E-state index is 12.1. The van der Waals surface area contributed by atoms with Crippen LogP contribution in [0.15, 0.2) is 42.5 Å². The summed E-state index contributed by atoms with van der Waals surface area (Å²) in [5.41, 5.74) is 1.80. The monoisotopic (exact) mass is 300 g/mol. The fraction of sp³-hybridized carbons (Fsp3) is 0.176. The van der Waals surface area contributed by atoms with E-state index in [0.29, 0.717) is 11.1 Å². The van der Waals surface area contributed by atoms with Gasteiger partial charge >= 0.3 is 11.9 Å². The van der Waals surface area contributed by atoms with Crippen molar-refractivity contribution in [3.8, 4) is 11.5 Å². The number of hydrogen-bond donors (Lipinski definition) is 0. The Hall–Kier alpha value is -2.82. The van der Waals surface area contributed by atoms with E-state index in [9.17, 15) is 9.59 Å². The van der Waals surface area contributed by atoms with Gasteiger partial charge in [-0.1, -0.05) is 17.7 Å². The Balaban J connectivity index is 2.23. The summed E-state index contributed by atoms with van der Waals surface area (Å²) >= 11 is 0. The summed E-state index contributed by atoms with van der Waals surface area (Å²) in [5.74, 6) is -0.470. The van der Waals surface area contributed by atoms with Crippen LogP contribution in [0.25, 0.3) is 0 Å². The molecule has 5 heteroatoms. The van der Waals surface area contributed by atoms with Gasteiger partial charge in [0.1, 0.15) is 0 Å². The third kappa shape index (κ3) is 3.44. The van der Waals surface area contributed by atoms with Gasteiger partial charge in [0, 0.05) is 0 Å². The highest BCUT2D eigenvalue weighted by atomic mass is 16.6. The van der Waals surface area contributed by atoms with Crippen molar-refractivity contribution in [2.75, 3.05) is 14.2 Å². The van der Waals surface area contributed by atoms with Gasteiger partial charge in [0.2, 0.25) is 0 Å². The zero-order chi connectivity index (χ0) is 16.1. The number of carbonyl (C=O) groups is 2. The van der Waals surface area contributed by atoms with E-state index in [1.807, 2.05) is 19.1 Å². The molecule has 0 aliphatic carbocycles. The zero-order valence-corrected chi connectivity index (χ0v) is 12.6. The minimum Gasteiger partial charge on any atom is -0.493 e. The lowest BCUT2D eigenvalue weighted by Gasteiger charge is -2.10. The van der Waals surface area contributed by atoms with Crippen LogP contribution >= 0.6 is 0 Å². The van der Waals surface area contributed by atoms with Crippen LogP contribution in [0.1, 0.15) is 26.3 Å². The van der Waals surface area contributed by atoms with Crippen molar-refractivity contribution in [3.63, 3.8) is 0 Å². The molecule has 0 aromatic heterocycles. The van der Waals surface area contributed by atoms with E-state index >= 15 is 0 Å². The van der Waals surface area contributed by atoms with E-state index in [1.165, 1.54) is 32.4 Å². The Kier molecular flexibility index (Phi) is 4.78. The molecule has 0 saturated heterocycles. The molecule has 0 unspecified atom stereocenters. The molecule has 0 amide bonds. The second-order valence-corrected chi connectivity index (χ2v) is 4.61. The van der Waals surface area contributed by atoms with Gasteiger partial charge in [0.05, 0.1) is 25.3 Å². The Morgan fingerprint density at radius 3 is 2.05 bits per heavy atom. The van der Waals surface area contributed by atoms with Gasteiger partial charge in [-0.15, -0.1) is 0 Å². The predicted molar refractivity (Wildman–Crippen MR) is 80.5 cm³/mol. The molecule has 2 rings (SSSR count). The van der Waals surface area contributed by atoms with Crippen LogP contribution in [0.4, 0.5) is 0 Å². The molecule has 0 aliphatic rings. The van der Waals surface area contributed by atoms with E-state index in [2.05, 4.69) is 4.74 Å². The summed E-state index contributed by atoms with van der Waals surface area (Å²) < 4.78 is 15.1. The lowest BCUT2D eigenvalue weighted by Crippen LogP contribution is -2.10. The first-order valence-electron chi connectivity index (χ1n) is 6.60. The van der Waals surface area contributed by atoms with Crippen LogP contribution in [0.3, 0.4) is 0 Å². The van der Waals surface area contributed by atoms with Crippen LogP contribution < -0.4 is 9.47 Å². The van der Waals surface area contributed by atoms with Crippen molar-refractivity contribution < 1.29 is 23.8 Å². The lowest BCUT2D eigenvalue weighted by molar-refractivity contribution is 0.0600. The number of ether oxygens (including phenoxy) is 3. The summed E-state index contributed by atoms with van der Waals surface area (Å²) in [6.07, 6.45) is 0. The first kappa shape index (κ1) is 15.6. The molecule has 0 fully saturated rings. The molecule has 114 valence electrons. The van der Waals surface area contributed by atoms with Crippen molar-refractivity contribution in [3.05, 3.63) is 59.2 Å². The number of carbonyl (C=O) groups excluding carboxylic acids is 2. The van der Waals surface area contributed by atoms with Crippen LogP contribution in [0, 0.1) is 6.92 Å². The summed E-state index contributed by atoms with van der Waals surface area (Å²) in [6, 6.07) is 11.5. The Bertz CT molecular complexity index is 689. The quantitative estimate of drug-likeness (QED) is 0.641. The molecular weight excluding hydrogens is 284 g/mol. The van der Waals surface area contributed by atoms with Gasteiger partial charge in [-0.2, -0.15) is 0 Å². The van der Waals surface area contributed by atoms with Gasteiger partial charge in [-0.25, -0.2) is 9.59 Å². The number of aryl methyl sites for hydroxylation is 1. The maximum atomic E-state index is 12.1. The van der Waals surface area contributed by atoms with E-state index in [-0.39, 0.29) is 11.5 Å². The van der Waals surface area contributed by atoms with Gasteiger partial charge in [-0.3, -0.25) is 0 Å². The Morgan fingerprint density at radius 2 is 1.45 bits per heavy atom. The summed E-state index contributed by atoms with van der Waals surface area (Å²) in [7, 11) is 2.72. The molecule has 2 aromatic rings. The average Bonchev–Trinajstić information content (AvgIpc) is 2.55. The third-order valence-corrected chi connectivity index (χ3v) is 3.07. The third-order valence-electron chi connectivity index (χ3n) is 3.07. The predicted octanol–water partition coefficient (Wildman–Crippen LogP) is 3.01. The fourth-order valence-electron chi connectivity index (χ4n) is 1.85. The summed E-state index contributed by atoms with van der Waals surface area (Å²) in [5, 5.41) is 0. The Morgan fingerprint density at radius 1 is 0.818 bits per heavy atom. The minimum absolute atomic E-state index is 0.237. The number of hydrogen-bond acceptors (Lipinski definition) is 5. The van der Waals surface area contributed by atoms with Crippen molar-refractivity contribution >= 4 is 11.9 Å². The van der Waals surface area contributed by atoms with E-state index in [1.54, 1.807) is 12.1 Å². The molecule has 0 aliphatic heterocycles. The van der Waals surface area contributed by atoms with Crippen LogP contribution in [0.2, 0.25) is 0 Å². The highest BCUT2D eigenvalue weighted by Gasteiger charge is 2.15. The standard InChI is InChI=1S/C17H16O5/c1-11-4-6-12(7-5-11)17(19)22-14-9-8-13(16(18)21-3)10-15(14)20-2/h4-10H,1-3H3. The van der Waals surface area contributed by atoms with Crippen molar-refractivity contribution in [2.45, 2.75) is 6.92 Å². The molecule has 0 atom stereocenters. The number of esters is 2. The average molecular weight is 300 g/mol. The molecule has 0 N–H and O–H groups in total. The largest absolute Gasteiger partial charge is 0.493 e. The van der Waals surface area contributed by atoms with Crippen molar-refractivity contribution in [2.24, 2.45) is 0 Å². The molecule has 0 radical (unpaired) electrons. The van der Waals surface area contributed by atoms with Crippen LogP contribution in [-0.2, 0) is 4.74 Å². The molecule has 0 bridgehead atoms.